The SMILES string of the molecule is O=C(O)CCc1cnn(-c2cccc(Cl)c2)c1. The fourth-order valence-corrected chi connectivity index (χ4v) is 1.68. The summed E-state index contributed by atoms with van der Waals surface area (Å²) in [6.45, 7) is 0. The number of aromatic nitrogens is 2. The molecule has 2 aromatic rings. The molecular formula is C12H11ClN2O2. The quantitative estimate of drug-likeness (QED) is 0.907. The van der Waals surface area contributed by atoms with E-state index in [1.54, 1.807) is 23.0 Å². The Kier molecular flexibility index (Phi) is 3.44. The van der Waals surface area contributed by atoms with E-state index in [1.807, 2.05) is 18.3 Å². The number of aryl methyl sites for hydroxylation is 1. The van der Waals surface area contributed by atoms with E-state index in [0.29, 0.717) is 11.4 Å². The Morgan fingerprint density at radius 3 is 3.00 bits per heavy atom. The van der Waals surface area contributed by atoms with Gasteiger partial charge in [-0.3, -0.25) is 4.79 Å². The average molecular weight is 251 g/mol. The van der Waals surface area contributed by atoms with Crippen molar-refractivity contribution in [2.24, 2.45) is 0 Å². The summed E-state index contributed by atoms with van der Waals surface area (Å²) >= 11 is 5.89. The molecule has 0 bridgehead atoms. The molecule has 1 aromatic carbocycles. The van der Waals surface area contributed by atoms with Crippen LogP contribution in [-0.2, 0) is 11.2 Å². The van der Waals surface area contributed by atoms with Crippen molar-refractivity contribution in [2.75, 3.05) is 0 Å². The van der Waals surface area contributed by atoms with Gasteiger partial charge in [-0.25, -0.2) is 4.68 Å². The summed E-state index contributed by atoms with van der Waals surface area (Å²) in [7, 11) is 0. The van der Waals surface area contributed by atoms with Crippen LogP contribution in [0.25, 0.3) is 5.69 Å². The Balaban J connectivity index is 2.15. The minimum Gasteiger partial charge on any atom is -0.481 e. The van der Waals surface area contributed by atoms with Crippen LogP contribution in [-0.4, -0.2) is 20.9 Å². The topological polar surface area (TPSA) is 55.1 Å². The van der Waals surface area contributed by atoms with Crippen molar-refractivity contribution in [3.63, 3.8) is 0 Å². The predicted molar refractivity (Wildman–Crippen MR) is 64.5 cm³/mol. The molecule has 0 spiro atoms. The van der Waals surface area contributed by atoms with E-state index >= 15 is 0 Å². The van der Waals surface area contributed by atoms with Crippen molar-refractivity contribution in [3.8, 4) is 5.69 Å². The number of benzene rings is 1. The van der Waals surface area contributed by atoms with Gasteiger partial charge in [-0.05, 0) is 30.2 Å². The van der Waals surface area contributed by atoms with Gasteiger partial charge in [0.1, 0.15) is 0 Å². The molecule has 0 radical (unpaired) electrons. The third-order valence-electron chi connectivity index (χ3n) is 2.34. The van der Waals surface area contributed by atoms with Crippen LogP contribution >= 0.6 is 11.6 Å². The lowest BCUT2D eigenvalue weighted by atomic mass is 10.2. The Bertz CT molecular complexity index is 537. The van der Waals surface area contributed by atoms with Crippen LogP contribution < -0.4 is 0 Å². The first-order valence-corrected chi connectivity index (χ1v) is 5.54. The van der Waals surface area contributed by atoms with Crippen LogP contribution in [0.4, 0.5) is 0 Å². The van der Waals surface area contributed by atoms with E-state index in [9.17, 15) is 4.79 Å². The number of carboxylic acid groups (broad SMARTS) is 1. The minimum absolute atomic E-state index is 0.112. The minimum atomic E-state index is -0.805. The van der Waals surface area contributed by atoms with E-state index in [2.05, 4.69) is 5.10 Å². The lowest BCUT2D eigenvalue weighted by molar-refractivity contribution is -0.136. The highest BCUT2D eigenvalue weighted by atomic mass is 35.5. The van der Waals surface area contributed by atoms with E-state index in [0.717, 1.165) is 11.3 Å². The first kappa shape index (κ1) is 11.7. The highest BCUT2D eigenvalue weighted by molar-refractivity contribution is 6.30. The first-order chi connectivity index (χ1) is 8.15. The summed E-state index contributed by atoms with van der Waals surface area (Å²) in [5, 5.41) is 13.4. The highest BCUT2D eigenvalue weighted by Crippen LogP contribution is 2.15. The number of nitrogens with zero attached hydrogens (tertiary/aromatic N) is 2. The molecule has 88 valence electrons. The Hall–Kier alpha value is -1.81. The van der Waals surface area contributed by atoms with Crippen molar-refractivity contribution in [1.82, 2.24) is 9.78 Å². The molecule has 0 saturated carbocycles. The highest BCUT2D eigenvalue weighted by Gasteiger charge is 2.03. The fourth-order valence-electron chi connectivity index (χ4n) is 1.50. The summed E-state index contributed by atoms with van der Waals surface area (Å²) in [4.78, 5) is 10.4. The largest absolute Gasteiger partial charge is 0.481 e. The fraction of sp³-hybridized carbons (Fsp3) is 0.167. The molecule has 17 heavy (non-hydrogen) atoms. The summed E-state index contributed by atoms with van der Waals surface area (Å²) in [6.07, 6.45) is 4.08. The van der Waals surface area contributed by atoms with Crippen LogP contribution in [0.1, 0.15) is 12.0 Å². The van der Waals surface area contributed by atoms with E-state index in [1.165, 1.54) is 0 Å². The Labute approximate surface area is 103 Å². The van der Waals surface area contributed by atoms with Crippen LogP contribution in [0.3, 0.4) is 0 Å². The zero-order valence-corrected chi connectivity index (χ0v) is 9.76. The molecule has 1 N–H and O–H groups in total. The second-order valence-electron chi connectivity index (χ2n) is 3.67. The lowest BCUT2D eigenvalue weighted by Crippen LogP contribution is -1.96. The summed E-state index contributed by atoms with van der Waals surface area (Å²) in [5.41, 5.74) is 1.76. The van der Waals surface area contributed by atoms with Gasteiger partial charge >= 0.3 is 5.97 Å². The van der Waals surface area contributed by atoms with E-state index in [-0.39, 0.29) is 6.42 Å². The molecule has 1 heterocycles. The Morgan fingerprint density at radius 1 is 1.47 bits per heavy atom. The number of carbonyl (C=O) groups is 1. The number of hydrogen-bond donors (Lipinski definition) is 1. The molecule has 0 atom stereocenters. The van der Waals surface area contributed by atoms with Gasteiger partial charge in [0.25, 0.3) is 0 Å². The third-order valence-corrected chi connectivity index (χ3v) is 2.57. The smallest absolute Gasteiger partial charge is 0.303 e. The van der Waals surface area contributed by atoms with Gasteiger partial charge in [0, 0.05) is 17.6 Å². The van der Waals surface area contributed by atoms with Crippen LogP contribution in [0.15, 0.2) is 36.7 Å². The normalized spacial score (nSPS) is 10.4. The van der Waals surface area contributed by atoms with Crippen molar-refractivity contribution >= 4 is 17.6 Å². The molecule has 0 unspecified atom stereocenters. The van der Waals surface area contributed by atoms with Crippen LogP contribution in [0, 0.1) is 0 Å². The molecule has 4 nitrogen and oxygen atoms in total. The zero-order chi connectivity index (χ0) is 12.3. The van der Waals surface area contributed by atoms with Gasteiger partial charge in [-0.15, -0.1) is 0 Å². The monoisotopic (exact) mass is 250 g/mol. The summed E-state index contributed by atoms with van der Waals surface area (Å²) in [6, 6.07) is 7.32. The van der Waals surface area contributed by atoms with Crippen molar-refractivity contribution in [2.45, 2.75) is 12.8 Å². The number of hydrogen-bond acceptors (Lipinski definition) is 2. The van der Waals surface area contributed by atoms with Gasteiger partial charge in [0.2, 0.25) is 0 Å². The second kappa shape index (κ2) is 5.01. The Morgan fingerprint density at radius 2 is 2.29 bits per heavy atom. The molecule has 5 heteroatoms. The number of halogens is 1. The molecule has 1 aromatic heterocycles. The maximum Gasteiger partial charge on any atom is 0.303 e. The van der Waals surface area contributed by atoms with Gasteiger partial charge in [-0.1, -0.05) is 17.7 Å². The molecule has 0 aliphatic rings. The molecular weight excluding hydrogens is 240 g/mol. The standard InChI is InChI=1S/C12H11ClN2O2/c13-10-2-1-3-11(6-10)15-8-9(7-14-15)4-5-12(16)17/h1-3,6-8H,4-5H2,(H,16,17). The summed E-state index contributed by atoms with van der Waals surface area (Å²) < 4.78 is 1.68. The number of carboxylic acids is 1. The predicted octanol–water partition coefficient (Wildman–Crippen LogP) is 2.54. The van der Waals surface area contributed by atoms with Gasteiger partial charge < -0.3 is 5.11 Å². The van der Waals surface area contributed by atoms with E-state index < -0.39 is 5.97 Å². The number of rotatable bonds is 4. The van der Waals surface area contributed by atoms with Crippen LogP contribution in [0.5, 0.6) is 0 Å². The van der Waals surface area contributed by atoms with Gasteiger partial charge in [0.15, 0.2) is 0 Å². The zero-order valence-electron chi connectivity index (χ0n) is 9.01. The third kappa shape index (κ3) is 3.07. The molecule has 0 aliphatic carbocycles. The van der Waals surface area contributed by atoms with Crippen molar-refractivity contribution < 1.29 is 9.90 Å². The van der Waals surface area contributed by atoms with Crippen molar-refractivity contribution in [3.05, 3.63) is 47.2 Å². The molecule has 0 amide bonds. The molecule has 0 aliphatic heterocycles. The van der Waals surface area contributed by atoms with Gasteiger partial charge in [0.05, 0.1) is 11.9 Å². The molecule has 0 saturated heterocycles. The van der Waals surface area contributed by atoms with Gasteiger partial charge in [-0.2, -0.15) is 5.10 Å². The maximum absolute atomic E-state index is 10.4. The second-order valence-corrected chi connectivity index (χ2v) is 4.10. The van der Waals surface area contributed by atoms with E-state index in [4.69, 9.17) is 16.7 Å². The average Bonchev–Trinajstić information content (AvgIpc) is 2.75. The molecule has 0 fully saturated rings. The molecule has 2 rings (SSSR count). The van der Waals surface area contributed by atoms with Crippen LogP contribution in [0.2, 0.25) is 5.02 Å². The van der Waals surface area contributed by atoms with Crippen molar-refractivity contribution in [1.29, 1.82) is 0 Å². The lowest BCUT2D eigenvalue weighted by Gasteiger charge is -2.00. The summed E-state index contributed by atoms with van der Waals surface area (Å²) in [5.74, 6) is -0.805. The number of aliphatic carboxylic acids is 1. The first-order valence-electron chi connectivity index (χ1n) is 5.16. The maximum atomic E-state index is 10.4.